The van der Waals surface area contributed by atoms with Crippen LogP contribution in [0.15, 0.2) is 30.3 Å². The van der Waals surface area contributed by atoms with Crippen molar-refractivity contribution in [2.75, 3.05) is 20.1 Å². The highest BCUT2D eigenvalue weighted by molar-refractivity contribution is 5.22. The number of benzene rings is 1. The third-order valence-electron chi connectivity index (χ3n) is 5.91. The van der Waals surface area contributed by atoms with E-state index in [1.807, 2.05) is 30.3 Å². The lowest BCUT2D eigenvalue weighted by Crippen LogP contribution is -2.52. The average molecular weight is 302 g/mol. The van der Waals surface area contributed by atoms with E-state index in [2.05, 4.69) is 31.1 Å². The second-order valence-electron chi connectivity index (χ2n) is 7.66. The largest absolute Gasteiger partial charge is 0.388 e. The quantitative estimate of drug-likeness (QED) is 0.878. The number of likely N-dealkylation sites (tertiary alicyclic amines) is 1. The zero-order chi connectivity index (χ0) is 15.7. The molecule has 3 rings (SSSR count). The maximum atomic E-state index is 10.8. The summed E-state index contributed by atoms with van der Waals surface area (Å²) < 4.78 is 0. The first-order valence-electron chi connectivity index (χ1n) is 8.68. The fraction of sp³-hybridized carbons (Fsp3) is 0.684. The molecule has 1 saturated carbocycles. The molecule has 1 aliphatic heterocycles. The third-order valence-corrected chi connectivity index (χ3v) is 5.91. The van der Waals surface area contributed by atoms with Gasteiger partial charge in [0, 0.05) is 30.6 Å². The molecule has 1 aliphatic carbocycles. The first-order chi connectivity index (χ1) is 10.5. The van der Waals surface area contributed by atoms with Crippen LogP contribution in [0.3, 0.4) is 0 Å². The van der Waals surface area contributed by atoms with E-state index in [1.54, 1.807) is 0 Å². The summed E-state index contributed by atoms with van der Waals surface area (Å²) in [6.07, 6.45) is 3.13. The van der Waals surface area contributed by atoms with Crippen molar-refractivity contribution in [2.24, 2.45) is 11.3 Å². The Bertz CT molecular complexity index is 485. The van der Waals surface area contributed by atoms with Crippen LogP contribution in [0, 0.1) is 11.3 Å². The van der Waals surface area contributed by atoms with Crippen molar-refractivity contribution in [3.8, 4) is 0 Å². The number of aliphatic hydroxyl groups excluding tert-OH is 1. The minimum Gasteiger partial charge on any atom is -0.388 e. The maximum absolute atomic E-state index is 10.8. The average Bonchev–Trinajstić information content (AvgIpc) is 3.31. The zero-order valence-electron chi connectivity index (χ0n) is 14.1. The number of hydrogen-bond acceptors (Lipinski definition) is 3. The molecule has 122 valence electrons. The number of hydrogen-bond donors (Lipinski definition) is 2. The van der Waals surface area contributed by atoms with Crippen molar-refractivity contribution in [2.45, 2.75) is 51.3 Å². The molecule has 4 atom stereocenters. The van der Waals surface area contributed by atoms with Crippen LogP contribution in [0.5, 0.6) is 0 Å². The summed E-state index contributed by atoms with van der Waals surface area (Å²) in [4.78, 5) is 2.45. The minimum atomic E-state index is -0.333. The number of piperidine rings is 1. The van der Waals surface area contributed by atoms with Crippen LogP contribution in [0.2, 0.25) is 0 Å². The zero-order valence-corrected chi connectivity index (χ0v) is 14.1. The fourth-order valence-corrected chi connectivity index (χ4v) is 3.86. The van der Waals surface area contributed by atoms with Gasteiger partial charge in [-0.3, -0.25) is 0 Å². The molecule has 3 nitrogen and oxygen atoms in total. The van der Waals surface area contributed by atoms with Crippen LogP contribution in [-0.2, 0) is 0 Å². The Morgan fingerprint density at radius 1 is 1.27 bits per heavy atom. The predicted octanol–water partition coefficient (Wildman–Crippen LogP) is 2.82. The van der Waals surface area contributed by atoms with Crippen molar-refractivity contribution >= 4 is 0 Å². The van der Waals surface area contributed by atoms with Crippen molar-refractivity contribution < 1.29 is 5.11 Å². The Morgan fingerprint density at radius 2 is 1.95 bits per heavy atom. The topological polar surface area (TPSA) is 35.5 Å². The van der Waals surface area contributed by atoms with E-state index in [-0.39, 0.29) is 11.5 Å². The molecule has 0 spiro atoms. The molecule has 3 heteroatoms. The van der Waals surface area contributed by atoms with Gasteiger partial charge in [0.25, 0.3) is 0 Å². The highest BCUT2D eigenvalue weighted by atomic mass is 16.3. The summed E-state index contributed by atoms with van der Waals surface area (Å²) >= 11 is 0. The Balaban J connectivity index is 1.59. The second-order valence-corrected chi connectivity index (χ2v) is 7.66. The molecule has 22 heavy (non-hydrogen) atoms. The van der Waals surface area contributed by atoms with Gasteiger partial charge in [0.1, 0.15) is 0 Å². The summed E-state index contributed by atoms with van der Waals surface area (Å²) in [5, 5.41) is 14.5. The van der Waals surface area contributed by atoms with Crippen LogP contribution in [0.4, 0.5) is 0 Å². The molecular formula is C19H30N2O. The van der Waals surface area contributed by atoms with Gasteiger partial charge in [-0.25, -0.2) is 0 Å². The Labute approximate surface area is 134 Å². The first-order valence-corrected chi connectivity index (χ1v) is 8.68. The summed E-state index contributed by atoms with van der Waals surface area (Å²) in [6, 6.07) is 11.4. The van der Waals surface area contributed by atoms with Gasteiger partial charge in [-0.2, -0.15) is 0 Å². The lowest BCUT2D eigenvalue weighted by Gasteiger charge is -2.41. The summed E-state index contributed by atoms with van der Waals surface area (Å²) in [5.41, 5.74) is 1.12. The second kappa shape index (κ2) is 6.31. The van der Waals surface area contributed by atoms with Crippen molar-refractivity contribution in [3.05, 3.63) is 35.9 Å². The van der Waals surface area contributed by atoms with E-state index in [9.17, 15) is 5.11 Å². The molecule has 1 heterocycles. The third kappa shape index (κ3) is 3.22. The molecule has 1 aromatic rings. The van der Waals surface area contributed by atoms with Gasteiger partial charge in [-0.15, -0.1) is 0 Å². The molecule has 2 N–H and O–H groups in total. The van der Waals surface area contributed by atoms with Crippen molar-refractivity contribution in [1.29, 1.82) is 0 Å². The summed E-state index contributed by atoms with van der Waals surface area (Å²) in [7, 11) is 2.22. The van der Waals surface area contributed by atoms with E-state index in [0.29, 0.717) is 18.0 Å². The molecule has 2 aliphatic rings. The van der Waals surface area contributed by atoms with Gasteiger partial charge in [-0.1, -0.05) is 37.3 Å². The van der Waals surface area contributed by atoms with Gasteiger partial charge in [0.2, 0.25) is 0 Å². The smallest absolute Gasteiger partial charge is 0.0858 e. The Hall–Kier alpha value is -0.900. The van der Waals surface area contributed by atoms with Gasteiger partial charge in [0.05, 0.1) is 6.10 Å². The van der Waals surface area contributed by atoms with Crippen molar-refractivity contribution in [3.63, 3.8) is 0 Å². The van der Waals surface area contributed by atoms with Gasteiger partial charge in [-0.05, 0) is 44.7 Å². The van der Waals surface area contributed by atoms with E-state index in [4.69, 9.17) is 0 Å². The molecule has 1 saturated heterocycles. The summed E-state index contributed by atoms with van der Waals surface area (Å²) in [5.74, 6) is 0.672. The molecule has 4 unspecified atom stereocenters. The van der Waals surface area contributed by atoms with E-state index < -0.39 is 0 Å². The molecule has 0 radical (unpaired) electrons. The lowest BCUT2D eigenvalue weighted by atomic mass is 9.88. The van der Waals surface area contributed by atoms with Crippen LogP contribution >= 0.6 is 0 Å². The van der Waals surface area contributed by atoms with Crippen LogP contribution in [0.1, 0.15) is 44.8 Å². The highest BCUT2D eigenvalue weighted by Gasteiger charge is 2.49. The van der Waals surface area contributed by atoms with Gasteiger partial charge in [0.15, 0.2) is 0 Å². The first kappa shape index (κ1) is 16.0. The maximum Gasteiger partial charge on any atom is 0.0858 e. The van der Waals surface area contributed by atoms with E-state index in [1.165, 1.54) is 6.42 Å². The number of rotatable bonds is 5. The molecule has 1 aromatic carbocycles. The monoisotopic (exact) mass is 302 g/mol. The van der Waals surface area contributed by atoms with Gasteiger partial charge >= 0.3 is 0 Å². The molecular weight excluding hydrogens is 272 g/mol. The van der Waals surface area contributed by atoms with Crippen molar-refractivity contribution in [1.82, 2.24) is 10.2 Å². The number of nitrogens with zero attached hydrogens (tertiary/aromatic N) is 1. The number of nitrogens with one attached hydrogen (secondary N) is 1. The molecule has 0 aromatic heterocycles. The molecule has 0 bridgehead atoms. The van der Waals surface area contributed by atoms with Crippen LogP contribution in [0.25, 0.3) is 0 Å². The molecule has 0 amide bonds. The fourth-order valence-electron chi connectivity index (χ4n) is 3.86. The number of aliphatic hydroxyl groups is 1. The SMILES string of the molecule is CC1CN(C)C(C)CC1NCC1(C(O)c2ccccc2)CC1. The van der Waals surface area contributed by atoms with E-state index in [0.717, 1.165) is 31.5 Å². The predicted molar refractivity (Wildman–Crippen MR) is 90.7 cm³/mol. The van der Waals surface area contributed by atoms with E-state index >= 15 is 0 Å². The Kier molecular flexibility index (Phi) is 4.58. The van der Waals surface area contributed by atoms with Gasteiger partial charge < -0.3 is 15.3 Å². The van der Waals surface area contributed by atoms with Crippen LogP contribution in [-0.4, -0.2) is 42.2 Å². The Morgan fingerprint density at radius 3 is 2.59 bits per heavy atom. The standard InChI is InChI=1S/C19H30N2O/c1-14-12-21(3)15(2)11-17(14)20-13-19(9-10-19)18(22)16-7-5-4-6-8-16/h4-8,14-15,17-18,20,22H,9-13H2,1-3H3. The van der Waals surface area contributed by atoms with Crippen LogP contribution < -0.4 is 5.32 Å². The molecule has 2 fully saturated rings. The highest BCUT2D eigenvalue weighted by Crippen LogP contribution is 2.54. The lowest BCUT2D eigenvalue weighted by molar-refractivity contribution is 0.0763. The minimum absolute atomic E-state index is 0.0632. The summed E-state index contributed by atoms with van der Waals surface area (Å²) in [6.45, 7) is 6.75. The normalized spacial score (nSPS) is 32.6.